The summed E-state index contributed by atoms with van der Waals surface area (Å²) in [4.78, 5) is 32.9. The zero-order valence-corrected chi connectivity index (χ0v) is 7.98. The normalized spacial score (nSPS) is 9.86. The Morgan fingerprint density at radius 1 is 1.43 bits per heavy atom. The van der Waals surface area contributed by atoms with E-state index in [-0.39, 0.29) is 12.2 Å². The first-order valence-corrected chi connectivity index (χ1v) is 4.06. The Kier molecular flexibility index (Phi) is 2.91. The molecule has 0 aliphatic rings. The number of ketones is 3. The van der Waals surface area contributed by atoms with Crippen LogP contribution in [0.4, 0.5) is 0 Å². The van der Waals surface area contributed by atoms with E-state index in [1.807, 2.05) is 0 Å². The smallest absolute Gasteiger partial charge is 0.205 e. The predicted molar refractivity (Wildman–Crippen MR) is 47.8 cm³/mol. The third kappa shape index (κ3) is 2.35. The number of carbonyl (C=O) groups excluding carboxylic acids is 3. The molecule has 0 amide bonds. The van der Waals surface area contributed by atoms with Crippen LogP contribution in [-0.4, -0.2) is 27.1 Å². The number of nitrogens with zero attached hydrogens (tertiary/aromatic N) is 2. The van der Waals surface area contributed by atoms with Crippen LogP contribution in [0.5, 0.6) is 0 Å². The first-order chi connectivity index (χ1) is 6.50. The minimum absolute atomic E-state index is 0.349. The van der Waals surface area contributed by atoms with E-state index >= 15 is 0 Å². The Hall–Kier alpha value is -1.78. The Balaban J connectivity index is 2.68. The number of hydrogen-bond donors (Lipinski definition) is 0. The van der Waals surface area contributed by atoms with Crippen LogP contribution in [0.3, 0.4) is 0 Å². The monoisotopic (exact) mass is 194 g/mol. The minimum atomic E-state index is -0.668. The van der Waals surface area contributed by atoms with Gasteiger partial charge in [0.25, 0.3) is 0 Å². The molecule has 5 nitrogen and oxygen atoms in total. The van der Waals surface area contributed by atoms with Gasteiger partial charge in [-0.1, -0.05) is 0 Å². The van der Waals surface area contributed by atoms with Crippen LogP contribution in [0.15, 0.2) is 12.4 Å². The molecule has 0 unspecified atom stereocenters. The van der Waals surface area contributed by atoms with E-state index < -0.39 is 11.6 Å². The predicted octanol–water partition coefficient (Wildman–Crippen LogP) is 0.151. The highest BCUT2D eigenvalue weighted by Crippen LogP contribution is 2.02. The van der Waals surface area contributed by atoms with Gasteiger partial charge in [-0.3, -0.25) is 19.1 Å². The number of rotatable bonds is 4. The molecule has 0 bridgehead atoms. The van der Waals surface area contributed by atoms with Crippen molar-refractivity contribution in [1.29, 1.82) is 0 Å². The molecule has 1 rings (SSSR count). The van der Waals surface area contributed by atoms with Crippen LogP contribution in [-0.2, 0) is 16.6 Å². The first-order valence-electron chi connectivity index (χ1n) is 4.06. The maximum Gasteiger partial charge on any atom is 0.205 e. The maximum absolute atomic E-state index is 11.3. The molecule has 0 aliphatic carbocycles. The number of aryl methyl sites for hydroxylation is 1. The van der Waals surface area contributed by atoms with Crippen molar-refractivity contribution in [2.75, 3.05) is 0 Å². The average Bonchev–Trinajstić information content (AvgIpc) is 2.51. The van der Waals surface area contributed by atoms with Crippen LogP contribution in [0.2, 0.25) is 0 Å². The van der Waals surface area contributed by atoms with Gasteiger partial charge in [0.1, 0.15) is 0 Å². The lowest BCUT2D eigenvalue weighted by molar-refractivity contribution is -0.134. The molecule has 0 spiro atoms. The molecule has 74 valence electrons. The highest BCUT2D eigenvalue weighted by atomic mass is 16.2. The molecule has 0 aromatic carbocycles. The quantitative estimate of drug-likeness (QED) is 0.388. The third-order valence-corrected chi connectivity index (χ3v) is 1.74. The SMILES string of the molecule is CC(=O)C(=O)CC(=O)c1cnn(C)c1. The molecule has 0 saturated carbocycles. The molecule has 0 atom stereocenters. The molecule has 1 heterocycles. The lowest BCUT2D eigenvalue weighted by Crippen LogP contribution is -2.14. The maximum atomic E-state index is 11.3. The van der Waals surface area contributed by atoms with E-state index in [0.29, 0.717) is 5.56 Å². The lowest BCUT2D eigenvalue weighted by Gasteiger charge is -1.93. The van der Waals surface area contributed by atoms with E-state index in [2.05, 4.69) is 5.10 Å². The van der Waals surface area contributed by atoms with Gasteiger partial charge >= 0.3 is 0 Å². The van der Waals surface area contributed by atoms with Crippen LogP contribution in [0, 0.1) is 0 Å². The zero-order valence-electron chi connectivity index (χ0n) is 7.98. The summed E-state index contributed by atoms with van der Waals surface area (Å²) >= 11 is 0. The van der Waals surface area contributed by atoms with Gasteiger partial charge in [0.15, 0.2) is 11.6 Å². The van der Waals surface area contributed by atoms with Crippen molar-refractivity contribution in [3.8, 4) is 0 Å². The summed E-state index contributed by atoms with van der Waals surface area (Å²) in [5.74, 6) is -1.64. The fraction of sp³-hybridized carbons (Fsp3) is 0.333. The summed E-state index contributed by atoms with van der Waals surface area (Å²) in [7, 11) is 1.67. The van der Waals surface area contributed by atoms with Crippen LogP contribution >= 0.6 is 0 Å². The van der Waals surface area contributed by atoms with Crippen molar-refractivity contribution in [3.63, 3.8) is 0 Å². The van der Waals surface area contributed by atoms with E-state index in [1.165, 1.54) is 17.1 Å². The molecule has 14 heavy (non-hydrogen) atoms. The van der Waals surface area contributed by atoms with Crippen LogP contribution in [0.25, 0.3) is 0 Å². The topological polar surface area (TPSA) is 69.0 Å². The van der Waals surface area contributed by atoms with Crippen molar-refractivity contribution in [2.45, 2.75) is 13.3 Å². The summed E-state index contributed by atoms with van der Waals surface area (Å²) in [5, 5.41) is 3.79. The molecule has 0 saturated heterocycles. The number of Topliss-reactive ketones (excluding diaryl/α,β-unsaturated/α-hetero) is 3. The van der Waals surface area contributed by atoms with E-state index in [9.17, 15) is 14.4 Å². The van der Waals surface area contributed by atoms with E-state index in [4.69, 9.17) is 0 Å². The van der Waals surface area contributed by atoms with Crippen molar-refractivity contribution in [2.24, 2.45) is 7.05 Å². The van der Waals surface area contributed by atoms with Crippen LogP contribution < -0.4 is 0 Å². The molecule has 1 aromatic heterocycles. The van der Waals surface area contributed by atoms with Gasteiger partial charge < -0.3 is 0 Å². The Labute approximate surface area is 80.7 Å². The summed E-state index contributed by atoms with van der Waals surface area (Å²) in [5.41, 5.74) is 0.349. The molecule has 0 aliphatic heterocycles. The Morgan fingerprint density at radius 3 is 2.50 bits per heavy atom. The molecule has 0 N–H and O–H groups in total. The number of hydrogen-bond acceptors (Lipinski definition) is 4. The zero-order chi connectivity index (χ0) is 10.7. The second-order valence-electron chi connectivity index (χ2n) is 2.98. The van der Waals surface area contributed by atoms with E-state index in [1.54, 1.807) is 7.05 Å². The van der Waals surface area contributed by atoms with Crippen molar-refractivity contribution < 1.29 is 14.4 Å². The van der Waals surface area contributed by atoms with Crippen molar-refractivity contribution >= 4 is 17.3 Å². The Bertz CT molecular complexity index is 393. The van der Waals surface area contributed by atoms with Crippen LogP contribution in [0.1, 0.15) is 23.7 Å². The minimum Gasteiger partial charge on any atom is -0.294 e. The van der Waals surface area contributed by atoms with Gasteiger partial charge in [-0.15, -0.1) is 0 Å². The fourth-order valence-electron chi connectivity index (χ4n) is 0.938. The van der Waals surface area contributed by atoms with Gasteiger partial charge in [-0.05, 0) is 0 Å². The molecular weight excluding hydrogens is 184 g/mol. The van der Waals surface area contributed by atoms with Crippen molar-refractivity contribution in [3.05, 3.63) is 18.0 Å². The second-order valence-corrected chi connectivity index (χ2v) is 2.98. The van der Waals surface area contributed by atoms with Gasteiger partial charge in [0.05, 0.1) is 18.2 Å². The largest absolute Gasteiger partial charge is 0.294 e. The Morgan fingerprint density at radius 2 is 2.07 bits per heavy atom. The molecule has 1 aromatic rings. The summed E-state index contributed by atoms with van der Waals surface area (Å²) in [6.07, 6.45) is 2.51. The van der Waals surface area contributed by atoms with Gasteiger partial charge in [-0.2, -0.15) is 5.10 Å². The second kappa shape index (κ2) is 3.95. The summed E-state index contributed by atoms with van der Waals surface area (Å²) < 4.78 is 1.46. The summed E-state index contributed by atoms with van der Waals surface area (Å²) in [6.45, 7) is 1.15. The number of aromatic nitrogens is 2. The molecule has 0 radical (unpaired) electrons. The fourth-order valence-corrected chi connectivity index (χ4v) is 0.938. The first kappa shape index (κ1) is 10.3. The highest BCUT2D eigenvalue weighted by molar-refractivity contribution is 6.40. The molecule has 5 heteroatoms. The molecular formula is C9H10N2O3. The average molecular weight is 194 g/mol. The molecule has 0 fully saturated rings. The lowest BCUT2D eigenvalue weighted by atomic mass is 10.1. The van der Waals surface area contributed by atoms with E-state index in [0.717, 1.165) is 6.92 Å². The number of carbonyl (C=O) groups is 3. The van der Waals surface area contributed by atoms with Gasteiger partial charge in [0.2, 0.25) is 5.78 Å². The third-order valence-electron chi connectivity index (χ3n) is 1.74. The standard InChI is InChI=1S/C9H10N2O3/c1-6(12)8(13)3-9(14)7-4-10-11(2)5-7/h4-5H,3H2,1-2H3. The highest BCUT2D eigenvalue weighted by Gasteiger charge is 2.16. The summed E-state index contributed by atoms with van der Waals surface area (Å²) in [6, 6.07) is 0. The van der Waals surface area contributed by atoms with Gasteiger partial charge in [-0.25, -0.2) is 0 Å². The van der Waals surface area contributed by atoms with Crippen molar-refractivity contribution in [1.82, 2.24) is 9.78 Å². The van der Waals surface area contributed by atoms with Gasteiger partial charge in [0, 0.05) is 20.2 Å².